The van der Waals surface area contributed by atoms with E-state index in [2.05, 4.69) is 31.5 Å². The first-order valence-corrected chi connectivity index (χ1v) is 5.27. The summed E-state index contributed by atoms with van der Waals surface area (Å²) in [7, 11) is 0. The average Bonchev–Trinajstić information content (AvgIpc) is 2.77. The van der Waals surface area contributed by atoms with Gasteiger partial charge >= 0.3 is 0 Å². The third-order valence-electron chi connectivity index (χ3n) is 2.02. The lowest BCUT2D eigenvalue weighted by molar-refractivity contribution is -0.485. The van der Waals surface area contributed by atoms with Crippen LogP contribution in [0.3, 0.4) is 0 Å². The molecule has 1 aromatic rings. The molecule has 1 saturated heterocycles. The molecule has 0 bridgehead atoms. The van der Waals surface area contributed by atoms with Gasteiger partial charge in [0.05, 0.1) is 6.54 Å². The minimum atomic E-state index is -0.725. The molecule has 8 nitrogen and oxygen atoms in total. The molecule has 1 N–H and O–H groups in total. The molecule has 0 amide bonds. The van der Waals surface area contributed by atoms with Crippen molar-refractivity contribution in [3.8, 4) is 0 Å². The van der Waals surface area contributed by atoms with Gasteiger partial charge in [-0.3, -0.25) is 0 Å². The Kier molecular flexibility index (Phi) is 3.04. The highest BCUT2D eigenvalue weighted by atomic mass is 79.9. The van der Waals surface area contributed by atoms with E-state index in [1.807, 2.05) is 0 Å². The fraction of sp³-hybridized carbons (Fsp3) is 0.429. The van der Waals surface area contributed by atoms with E-state index in [1.54, 1.807) is 11.0 Å². The molecule has 86 valence electrons. The summed E-state index contributed by atoms with van der Waals surface area (Å²) in [5, 5.41) is 19.3. The zero-order valence-electron chi connectivity index (χ0n) is 8.09. The van der Waals surface area contributed by atoms with Crippen LogP contribution in [0.2, 0.25) is 0 Å². The van der Waals surface area contributed by atoms with Crippen molar-refractivity contribution in [2.45, 2.75) is 6.54 Å². The summed E-state index contributed by atoms with van der Waals surface area (Å²) >= 11 is 3.16. The number of hydrazone groups is 1. The number of nitrogens with zero attached hydrogens (tertiary/aromatic N) is 4. The zero-order valence-corrected chi connectivity index (χ0v) is 9.68. The largest absolute Gasteiger partial charge is 0.358 e. The number of nitrogens with one attached hydrogen (secondary N) is 1. The van der Waals surface area contributed by atoms with Gasteiger partial charge < -0.3 is 14.7 Å². The summed E-state index contributed by atoms with van der Waals surface area (Å²) in [6, 6.07) is 1.71. The van der Waals surface area contributed by atoms with E-state index in [0.29, 0.717) is 30.0 Å². The maximum Gasteiger partial charge on any atom is 0.271 e. The van der Waals surface area contributed by atoms with Gasteiger partial charge in [0.25, 0.3) is 5.96 Å². The van der Waals surface area contributed by atoms with Crippen LogP contribution in [0, 0.1) is 10.1 Å². The molecule has 0 spiro atoms. The molecular weight excluding hydrogens is 282 g/mol. The third-order valence-corrected chi connectivity index (χ3v) is 2.39. The van der Waals surface area contributed by atoms with Crippen LogP contribution in [0.25, 0.3) is 0 Å². The molecular formula is C7H8BrN5O3. The summed E-state index contributed by atoms with van der Waals surface area (Å²) in [5.74, 6) is 0.865. The minimum Gasteiger partial charge on any atom is -0.358 e. The Balaban J connectivity index is 2.06. The quantitative estimate of drug-likeness (QED) is 0.639. The van der Waals surface area contributed by atoms with Gasteiger partial charge in [-0.05, 0) is 15.9 Å². The third kappa shape index (κ3) is 2.48. The van der Waals surface area contributed by atoms with Crippen molar-refractivity contribution in [3.05, 3.63) is 26.5 Å². The Hall–Kier alpha value is -1.64. The van der Waals surface area contributed by atoms with E-state index in [9.17, 15) is 10.1 Å². The predicted molar refractivity (Wildman–Crippen MR) is 57.0 cm³/mol. The van der Waals surface area contributed by atoms with E-state index in [4.69, 9.17) is 4.52 Å². The second kappa shape index (κ2) is 4.47. The highest BCUT2D eigenvalue weighted by Crippen LogP contribution is 2.13. The number of halogens is 1. The highest BCUT2D eigenvalue weighted by Gasteiger charge is 2.22. The topological polar surface area (TPSA) is 96.8 Å². The summed E-state index contributed by atoms with van der Waals surface area (Å²) in [6.45, 7) is 1.67. The Morgan fingerprint density at radius 3 is 3.25 bits per heavy atom. The van der Waals surface area contributed by atoms with Crippen molar-refractivity contribution in [2.24, 2.45) is 5.10 Å². The van der Waals surface area contributed by atoms with Crippen molar-refractivity contribution in [1.82, 2.24) is 15.4 Å². The van der Waals surface area contributed by atoms with Gasteiger partial charge in [0, 0.05) is 19.2 Å². The fourth-order valence-corrected chi connectivity index (χ4v) is 1.73. The lowest BCUT2D eigenvalue weighted by Gasteiger charge is -2.12. The second-order valence-electron chi connectivity index (χ2n) is 3.13. The predicted octanol–water partition coefficient (Wildman–Crippen LogP) is 0.390. The van der Waals surface area contributed by atoms with Gasteiger partial charge in [-0.2, -0.15) is 0 Å². The van der Waals surface area contributed by atoms with Gasteiger partial charge in [-0.1, -0.05) is 5.16 Å². The van der Waals surface area contributed by atoms with Crippen molar-refractivity contribution >= 4 is 21.9 Å². The molecule has 0 radical (unpaired) electrons. The highest BCUT2D eigenvalue weighted by molar-refractivity contribution is 9.10. The SMILES string of the molecule is O=[N+]([O-])N=C1NCCN1Cc1cc(Br)no1. The average molecular weight is 290 g/mol. The standard InChI is InChI=1S/C7H8BrN5O3/c8-6-3-5(16-11-6)4-12-2-1-9-7(12)10-13(14)15/h3H,1-2,4H2,(H,9,10). The van der Waals surface area contributed by atoms with Crippen LogP contribution < -0.4 is 5.32 Å². The number of rotatable bonds is 3. The fourth-order valence-electron chi connectivity index (χ4n) is 1.40. The molecule has 0 saturated carbocycles. The van der Waals surface area contributed by atoms with Gasteiger partial charge in [0.1, 0.15) is 9.70 Å². The van der Waals surface area contributed by atoms with Crippen LogP contribution in [-0.2, 0) is 6.54 Å². The lowest BCUT2D eigenvalue weighted by atomic mass is 10.4. The van der Waals surface area contributed by atoms with Gasteiger partial charge in [-0.15, -0.1) is 0 Å². The van der Waals surface area contributed by atoms with Crippen LogP contribution in [0.4, 0.5) is 0 Å². The maximum atomic E-state index is 10.3. The van der Waals surface area contributed by atoms with Crippen LogP contribution in [0.15, 0.2) is 20.3 Å². The van der Waals surface area contributed by atoms with Gasteiger partial charge in [-0.25, -0.2) is 10.1 Å². The lowest BCUT2D eigenvalue weighted by Crippen LogP contribution is -2.30. The Morgan fingerprint density at radius 2 is 2.62 bits per heavy atom. The van der Waals surface area contributed by atoms with Crippen LogP contribution >= 0.6 is 15.9 Å². The Labute approximate surface area is 98.5 Å². The second-order valence-corrected chi connectivity index (χ2v) is 3.94. The van der Waals surface area contributed by atoms with E-state index in [1.165, 1.54) is 0 Å². The molecule has 0 aromatic carbocycles. The molecule has 1 aliphatic rings. The molecule has 16 heavy (non-hydrogen) atoms. The first-order chi connectivity index (χ1) is 7.65. The zero-order chi connectivity index (χ0) is 11.5. The van der Waals surface area contributed by atoms with Crippen LogP contribution in [0.5, 0.6) is 0 Å². The first kappa shape index (κ1) is 10.9. The first-order valence-electron chi connectivity index (χ1n) is 4.48. The van der Waals surface area contributed by atoms with Gasteiger partial charge in [0.2, 0.25) is 0 Å². The van der Waals surface area contributed by atoms with Crippen molar-refractivity contribution in [3.63, 3.8) is 0 Å². The van der Waals surface area contributed by atoms with Gasteiger partial charge in [0.15, 0.2) is 10.8 Å². The van der Waals surface area contributed by atoms with E-state index in [-0.39, 0.29) is 5.96 Å². The summed E-state index contributed by atoms with van der Waals surface area (Å²) in [6.07, 6.45) is 0. The molecule has 9 heteroatoms. The minimum absolute atomic E-state index is 0.248. The molecule has 0 unspecified atom stereocenters. The van der Waals surface area contributed by atoms with Crippen molar-refractivity contribution < 1.29 is 9.56 Å². The van der Waals surface area contributed by atoms with Crippen LogP contribution in [0.1, 0.15) is 5.76 Å². The molecule has 0 atom stereocenters. The number of guanidine groups is 1. The number of nitro groups is 1. The van der Waals surface area contributed by atoms with Crippen molar-refractivity contribution in [2.75, 3.05) is 13.1 Å². The Bertz CT molecular complexity index is 431. The number of hydrogen-bond acceptors (Lipinski definition) is 4. The van der Waals surface area contributed by atoms with E-state index < -0.39 is 5.03 Å². The summed E-state index contributed by atoms with van der Waals surface area (Å²) in [5.41, 5.74) is 0. The molecule has 0 aliphatic carbocycles. The van der Waals surface area contributed by atoms with E-state index in [0.717, 1.165) is 0 Å². The molecule has 2 heterocycles. The molecule has 1 fully saturated rings. The summed E-state index contributed by atoms with van der Waals surface area (Å²) in [4.78, 5) is 12.0. The molecule has 2 rings (SSSR count). The Morgan fingerprint density at radius 1 is 1.81 bits per heavy atom. The smallest absolute Gasteiger partial charge is 0.271 e. The monoisotopic (exact) mass is 289 g/mol. The van der Waals surface area contributed by atoms with E-state index >= 15 is 0 Å². The van der Waals surface area contributed by atoms with Crippen LogP contribution in [-0.4, -0.2) is 34.1 Å². The van der Waals surface area contributed by atoms with Crippen molar-refractivity contribution in [1.29, 1.82) is 0 Å². The maximum absolute atomic E-state index is 10.3. The summed E-state index contributed by atoms with van der Waals surface area (Å²) < 4.78 is 5.59. The number of hydrogen-bond donors (Lipinski definition) is 1. The molecule has 1 aliphatic heterocycles. The molecule has 1 aromatic heterocycles. The normalized spacial score (nSPS) is 17.8. The number of aromatic nitrogens is 1.